The summed E-state index contributed by atoms with van der Waals surface area (Å²) < 4.78 is 41.9. The first-order chi connectivity index (χ1) is 8.47. The van der Waals surface area contributed by atoms with E-state index in [9.17, 15) is 22.6 Å². The molecular weight excluding hydrogens is 271 g/mol. The van der Waals surface area contributed by atoms with Gasteiger partial charge in [0.1, 0.15) is 21.6 Å². The van der Waals surface area contributed by atoms with Crippen molar-refractivity contribution in [1.29, 1.82) is 0 Å². The van der Waals surface area contributed by atoms with Crippen molar-refractivity contribution in [3.05, 3.63) is 30.7 Å². The minimum absolute atomic E-state index is 0. The van der Waals surface area contributed by atoms with Crippen molar-refractivity contribution in [3.63, 3.8) is 0 Å². The van der Waals surface area contributed by atoms with Gasteiger partial charge in [-0.25, -0.2) is 18.0 Å². The van der Waals surface area contributed by atoms with Gasteiger partial charge in [0, 0.05) is 6.07 Å². The van der Waals surface area contributed by atoms with E-state index in [0.717, 1.165) is 18.2 Å². The summed E-state index contributed by atoms with van der Waals surface area (Å²) >= 11 is 0. The van der Waals surface area contributed by atoms with Gasteiger partial charge in [0.05, 0.1) is 4.90 Å². The van der Waals surface area contributed by atoms with Crippen LogP contribution >= 0.6 is 0 Å². The van der Waals surface area contributed by atoms with Crippen molar-refractivity contribution in [1.82, 2.24) is 0 Å². The number of hydrogen-bond donors (Lipinski definition) is 0. The SMILES string of the molecule is O=C=COc1cc(OC=C=O)cc(S(=O)(=O)[O-])c1.[Li+]. The van der Waals surface area contributed by atoms with E-state index in [1.54, 1.807) is 0 Å². The van der Waals surface area contributed by atoms with Gasteiger partial charge in [0.15, 0.2) is 24.4 Å². The Morgan fingerprint density at radius 1 is 1.00 bits per heavy atom. The molecule has 0 saturated carbocycles. The molecule has 0 atom stereocenters. The Balaban J connectivity index is 0.00000324. The van der Waals surface area contributed by atoms with Crippen LogP contribution in [0.25, 0.3) is 0 Å². The van der Waals surface area contributed by atoms with E-state index in [-0.39, 0.29) is 30.4 Å². The normalized spacial score (nSPS) is 9.32. The summed E-state index contributed by atoms with van der Waals surface area (Å²) in [5.74, 6) is 2.33. The van der Waals surface area contributed by atoms with E-state index in [1.807, 2.05) is 0 Å². The van der Waals surface area contributed by atoms with Crippen LogP contribution in [-0.4, -0.2) is 24.9 Å². The second-order valence-electron chi connectivity index (χ2n) is 2.80. The molecule has 0 spiro atoms. The summed E-state index contributed by atoms with van der Waals surface area (Å²) in [5, 5.41) is 0. The molecule has 9 heteroatoms. The number of hydrogen-bond acceptors (Lipinski definition) is 7. The van der Waals surface area contributed by atoms with E-state index < -0.39 is 15.0 Å². The molecule has 0 aromatic heterocycles. The zero-order valence-corrected chi connectivity index (χ0v) is 10.5. The number of rotatable bonds is 5. The molecule has 0 N–H and O–H groups in total. The van der Waals surface area contributed by atoms with Crippen LogP contribution in [0.5, 0.6) is 11.5 Å². The van der Waals surface area contributed by atoms with E-state index in [2.05, 4.69) is 9.47 Å². The summed E-state index contributed by atoms with van der Waals surface area (Å²) in [6.45, 7) is 0. The zero-order valence-electron chi connectivity index (χ0n) is 9.65. The minimum atomic E-state index is -4.73. The van der Waals surface area contributed by atoms with Gasteiger partial charge in [-0.15, -0.1) is 0 Å². The van der Waals surface area contributed by atoms with Crippen LogP contribution in [0, 0.1) is 0 Å². The van der Waals surface area contributed by atoms with Crippen molar-refractivity contribution in [2.75, 3.05) is 0 Å². The molecule has 7 nitrogen and oxygen atoms in total. The number of ether oxygens (including phenoxy) is 2. The maximum absolute atomic E-state index is 10.8. The van der Waals surface area contributed by atoms with Crippen LogP contribution in [0.4, 0.5) is 0 Å². The minimum Gasteiger partial charge on any atom is -0.744 e. The molecule has 1 aromatic rings. The molecule has 0 radical (unpaired) electrons. The Kier molecular flexibility index (Phi) is 6.91. The topological polar surface area (TPSA) is 110 Å². The largest absolute Gasteiger partial charge is 1.00 e. The van der Waals surface area contributed by atoms with Gasteiger partial charge in [0.25, 0.3) is 0 Å². The van der Waals surface area contributed by atoms with Crippen molar-refractivity contribution in [2.24, 2.45) is 0 Å². The maximum atomic E-state index is 10.8. The van der Waals surface area contributed by atoms with E-state index in [1.165, 1.54) is 11.9 Å². The third-order valence-corrected chi connectivity index (χ3v) is 2.44. The summed E-state index contributed by atoms with van der Waals surface area (Å²) in [4.78, 5) is 19.3. The van der Waals surface area contributed by atoms with Crippen LogP contribution in [0.15, 0.2) is 35.6 Å². The van der Waals surface area contributed by atoms with Gasteiger partial charge < -0.3 is 14.0 Å². The van der Waals surface area contributed by atoms with Gasteiger partial charge in [0.2, 0.25) is 0 Å². The van der Waals surface area contributed by atoms with Gasteiger partial charge in [-0.1, -0.05) is 0 Å². The molecule has 0 amide bonds. The maximum Gasteiger partial charge on any atom is 1.00 e. The molecular formula is C10H5LiO7S. The first-order valence-corrected chi connectivity index (χ1v) is 5.71. The monoisotopic (exact) mass is 276 g/mol. The van der Waals surface area contributed by atoms with E-state index >= 15 is 0 Å². The quantitative estimate of drug-likeness (QED) is 0.244. The Hall–Kier alpha value is -1.77. The summed E-state index contributed by atoms with van der Waals surface area (Å²) in [6.07, 6.45) is 1.24. The van der Waals surface area contributed by atoms with Crippen LogP contribution in [0.2, 0.25) is 0 Å². The Morgan fingerprint density at radius 3 is 1.74 bits per heavy atom. The Bertz CT molecular complexity index is 602. The van der Waals surface area contributed by atoms with Crippen molar-refractivity contribution >= 4 is 22.0 Å². The smallest absolute Gasteiger partial charge is 0.744 e. The van der Waals surface area contributed by atoms with E-state index in [4.69, 9.17) is 0 Å². The van der Waals surface area contributed by atoms with Gasteiger partial charge in [-0.05, 0) is 12.1 Å². The number of carbonyl (C=O) groups excluding carboxylic acids is 2. The first kappa shape index (κ1) is 17.2. The van der Waals surface area contributed by atoms with E-state index in [0.29, 0.717) is 12.5 Å². The molecule has 0 aliphatic rings. The predicted molar refractivity (Wildman–Crippen MR) is 56.2 cm³/mol. The molecule has 0 unspecified atom stereocenters. The molecule has 1 aromatic carbocycles. The van der Waals surface area contributed by atoms with Gasteiger partial charge >= 0.3 is 18.9 Å². The van der Waals surface area contributed by atoms with Crippen molar-refractivity contribution in [2.45, 2.75) is 4.90 Å². The van der Waals surface area contributed by atoms with Gasteiger partial charge in [-0.3, -0.25) is 0 Å². The molecule has 0 bridgehead atoms. The third-order valence-electron chi connectivity index (χ3n) is 1.63. The van der Waals surface area contributed by atoms with Crippen LogP contribution in [-0.2, 0) is 19.7 Å². The Morgan fingerprint density at radius 2 is 1.42 bits per heavy atom. The summed E-state index contributed by atoms with van der Waals surface area (Å²) in [5.41, 5.74) is 0. The fourth-order valence-electron chi connectivity index (χ4n) is 1.01. The Labute approximate surface area is 120 Å². The number of benzene rings is 1. The molecule has 0 fully saturated rings. The average Bonchev–Trinajstić information content (AvgIpc) is 2.32. The molecule has 19 heavy (non-hydrogen) atoms. The first-order valence-electron chi connectivity index (χ1n) is 4.30. The molecule has 0 aliphatic carbocycles. The van der Waals surface area contributed by atoms with Gasteiger partial charge in [-0.2, -0.15) is 0 Å². The summed E-state index contributed by atoms with van der Waals surface area (Å²) in [7, 11) is -4.73. The zero-order chi connectivity index (χ0) is 13.6. The van der Waals surface area contributed by atoms with Crippen molar-refractivity contribution in [3.8, 4) is 11.5 Å². The standard InChI is InChI=1S/C10H6O7S.Li/c11-1-3-16-8-5-9(17-4-2-12)7-10(6-8)18(13,14)15;/h3-7H,(H,13,14,15);/q;+1/p-1. The second kappa shape index (κ2) is 7.62. The molecule has 0 saturated heterocycles. The van der Waals surface area contributed by atoms with Crippen LogP contribution in [0.3, 0.4) is 0 Å². The van der Waals surface area contributed by atoms with Crippen molar-refractivity contribution < 1.29 is 50.9 Å². The average molecular weight is 276 g/mol. The molecule has 94 valence electrons. The fraction of sp³-hybridized carbons (Fsp3) is 0. The summed E-state index contributed by atoms with van der Waals surface area (Å²) in [6, 6.07) is 2.96. The predicted octanol–water partition coefficient (Wildman–Crippen LogP) is -2.96. The van der Waals surface area contributed by atoms with Crippen LogP contribution < -0.4 is 28.3 Å². The molecule has 1 rings (SSSR count). The second-order valence-corrected chi connectivity index (χ2v) is 4.18. The fourth-order valence-corrected chi connectivity index (χ4v) is 1.53. The third kappa shape index (κ3) is 5.60. The molecule has 0 aliphatic heterocycles. The molecule has 0 heterocycles. The van der Waals surface area contributed by atoms with Crippen LogP contribution in [0.1, 0.15) is 0 Å².